The minimum atomic E-state index is -0.756. The first kappa shape index (κ1) is 20.1. The fourth-order valence-corrected chi connectivity index (χ4v) is 4.00. The number of benzene rings is 3. The number of nitrogens with zero attached hydrogens (tertiary/aromatic N) is 2. The van der Waals surface area contributed by atoms with Gasteiger partial charge in [0.25, 0.3) is 0 Å². The van der Waals surface area contributed by atoms with Crippen molar-refractivity contribution >= 4 is 16.6 Å². The Bertz CT molecular complexity index is 1380. The molecule has 0 bridgehead atoms. The van der Waals surface area contributed by atoms with Gasteiger partial charge in [0.1, 0.15) is 23.2 Å². The number of hydrogen-bond donors (Lipinski definition) is 1. The molecule has 0 saturated carbocycles. The van der Waals surface area contributed by atoms with Crippen LogP contribution in [0.3, 0.4) is 0 Å². The molecule has 0 unspecified atom stereocenters. The van der Waals surface area contributed by atoms with Crippen molar-refractivity contribution in [2.24, 2.45) is 5.18 Å². The number of rotatable bonds is 4. The third-order valence-electron chi connectivity index (χ3n) is 5.42. The SMILES string of the molecule is O=Nc1c(O)n(Cc2cc(F)cc3c2OCOC3)c2cc(-c3ccc(F)cc3F)ccc12. The molecule has 1 aliphatic rings. The standard InChI is InChI=1S/C23H15F3N2O4/c24-15-2-4-17(19(26)8-15)12-1-3-18-20(7-12)28(23(29)21(18)27-30)9-13-5-16(25)6-14-10-31-11-32-22(13)14/h1-8,29H,9-11H2. The third kappa shape index (κ3) is 3.27. The third-order valence-corrected chi connectivity index (χ3v) is 5.42. The molecule has 1 aliphatic heterocycles. The fourth-order valence-electron chi connectivity index (χ4n) is 4.00. The Morgan fingerprint density at radius 2 is 1.88 bits per heavy atom. The summed E-state index contributed by atoms with van der Waals surface area (Å²) in [7, 11) is 0. The first-order valence-electron chi connectivity index (χ1n) is 9.62. The molecule has 162 valence electrons. The predicted octanol–water partition coefficient (Wildman–Crippen LogP) is 5.74. The van der Waals surface area contributed by atoms with E-state index in [9.17, 15) is 23.2 Å². The highest BCUT2D eigenvalue weighted by molar-refractivity contribution is 5.97. The zero-order valence-corrected chi connectivity index (χ0v) is 16.4. The molecule has 3 aromatic carbocycles. The Kier molecular flexibility index (Phi) is 4.82. The van der Waals surface area contributed by atoms with Gasteiger partial charge >= 0.3 is 0 Å². The maximum atomic E-state index is 14.3. The number of fused-ring (bicyclic) bond motifs is 2. The maximum absolute atomic E-state index is 14.3. The Morgan fingerprint density at radius 1 is 1.03 bits per heavy atom. The highest BCUT2D eigenvalue weighted by atomic mass is 19.1. The lowest BCUT2D eigenvalue weighted by Crippen LogP contribution is -2.14. The second-order valence-electron chi connectivity index (χ2n) is 7.37. The van der Waals surface area contributed by atoms with Crippen LogP contribution in [0.4, 0.5) is 18.9 Å². The smallest absolute Gasteiger partial charge is 0.222 e. The molecule has 0 amide bonds. The van der Waals surface area contributed by atoms with E-state index in [0.29, 0.717) is 33.3 Å². The molecule has 5 rings (SSSR count). The average molecular weight is 440 g/mol. The molecule has 6 nitrogen and oxygen atoms in total. The van der Waals surface area contributed by atoms with Crippen LogP contribution in [0.5, 0.6) is 11.6 Å². The lowest BCUT2D eigenvalue weighted by atomic mass is 10.0. The van der Waals surface area contributed by atoms with Crippen molar-refractivity contribution in [3.63, 3.8) is 0 Å². The van der Waals surface area contributed by atoms with Crippen LogP contribution in [-0.2, 0) is 17.9 Å². The van der Waals surface area contributed by atoms with E-state index in [4.69, 9.17) is 9.47 Å². The second kappa shape index (κ2) is 7.69. The van der Waals surface area contributed by atoms with E-state index < -0.39 is 23.3 Å². The first-order chi connectivity index (χ1) is 15.5. The molecule has 0 radical (unpaired) electrons. The number of halogens is 3. The van der Waals surface area contributed by atoms with Crippen LogP contribution in [-0.4, -0.2) is 16.5 Å². The van der Waals surface area contributed by atoms with E-state index in [0.717, 1.165) is 12.1 Å². The van der Waals surface area contributed by atoms with Crippen LogP contribution >= 0.6 is 0 Å². The van der Waals surface area contributed by atoms with Crippen molar-refractivity contribution in [2.45, 2.75) is 13.2 Å². The van der Waals surface area contributed by atoms with Crippen LogP contribution < -0.4 is 4.74 Å². The highest BCUT2D eigenvalue weighted by Gasteiger charge is 2.23. The van der Waals surface area contributed by atoms with E-state index >= 15 is 0 Å². The molecule has 9 heteroatoms. The van der Waals surface area contributed by atoms with Gasteiger partial charge in [0.15, 0.2) is 12.5 Å². The van der Waals surface area contributed by atoms with Gasteiger partial charge in [-0.15, -0.1) is 4.91 Å². The summed E-state index contributed by atoms with van der Waals surface area (Å²) in [5.41, 5.74) is 1.65. The van der Waals surface area contributed by atoms with Crippen molar-refractivity contribution in [3.05, 3.63) is 82.0 Å². The molecule has 0 atom stereocenters. The van der Waals surface area contributed by atoms with Crippen LogP contribution in [0.25, 0.3) is 22.0 Å². The van der Waals surface area contributed by atoms with Gasteiger partial charge in [0.2, 0.25) is 5.88 Å². The average Bonchev–Trinajstić information content (AvgIpc) is 3.03. The molecule has 1 aromatic heterocycles. The van der Waals surface area contributed by atoms with Crippen LogP contribution in [0, 0.1) is 22.4 Å². The van der Waals surface area contributed by atoms with Gasteiger partial charge in [-0.3, -0.25) is 0 Å². The largest absolute Gasteiger partial charge is 0.493 e. The molecular weight excluding hydrogens is 425 g/mol. The molecule has 0 spiro atoms. The number of ether oxygens (including phenoxy) is 2. The van der Waals surface area contributed by atoms with E-state index in [1.165, 1.54) is 28.8 Å². The van der Waals surface area contributed by atoms with Crippen LogP contribution in [0.2, 0.25) is 0 Å². The zero-order valence-electron chi connectivity index (χ0n) is 16.4. The molecule has 0 fully saturated rings. The zero-order chi connectivity index (χ0) is 22.4. The van der Waals surface area contributed by atoms with Crippen molar-refractivity contribution in [1.29, 1.82) is 0 Å². The van der Waals surface area contributed by atoms with E-state index in [2.05, 4.69) is 5.18 Å². The summed E-state index contributed by atoms with van der Waals surface area (Å²) in [4.78, 5) is 11.4. The van der Waals surface area contributed by atoms with E-state index in [1.807, 2.05) is 0 Å². The summed E-state index contributed by atoms with van der Waals surface area (Å²) in [6.07, 6.45) is 0. The molecule has 32 heavy (non-hydrogen) atoms. The molecule has 4 aromatic rings. The Morgan fingerprint density at radius 3 is 2.66 bits per heavy atom. The van der Waals surface area contributed by atoms with Crippen molar-refractivity contribution in [2.75, 3.05) is 6.79 Å². The normalized spacial score (nSPS) is 13.1. The number of nitroso groups, excluding NO2 is 1. The summed E-state index contributed by atoms with van der Waals surface area (Å²) in [5.74, 6) is -1.96. The molecule has 0 saturated heterocycles. The van der Waals surface area contributed by atoms with E-state index in [1.54, 1.807) is 12.1 Å². The van der Waals surface area contributed by atoms with Gasteiger partial charge in [-0.05, 0) is 47.1 Å². The van der Waals surface area contributed by atoms with Crippen molar-refractivity contribution in [1.82, 2.24) is 4.57 Å². The molecular formula is C23H15F3N2O4. The lowest BCUT2D eigenvalue weighted by Gasteiger charge is -2.21. The summed E-state index contributed by atoms with van der Waals surface area (Å²) < 4.78 is 53.9. The Labute approximate surface area is 179 Å². The predicted molar refractivity (Wildman–Crippen MR) is 110 cm³/mol. The summed E-state index contributed by atoms with van der Waals surface area (Å²) in [6, 6.07) is 10.4. The number of aromatic hydroxyl groups is 1. The second-order valence-corrected chi connectivity index (χ2v) is 7.37. The number of aromatic nitrogens is 1. The van der Waals surface area contributed by atoms with Gasteiger partial charge in [-0.2, -0.15) is 0 Å². The van der Waals surface area contributed by atoms with Crippen LogP contribution in [0.15, 0.2) is 53.7 Å². The minimum Gasteiger partial charge on any atom is -0.493 e. The number of hydrogen-bond acceptors (Lipinski definition) is 5. The van der Waals surface area contributed by atoms with Gasteiger partial charge in [0.05, 0.1) is 18.7 Å². The topological polar surface area (TPSA) is 73.0 Å². The van der Waals surface area contributed by atoms with Gasteiger partial charge in [-0.1, -0.05) is 6.07 Å². The van der Waals surface area contributed by atoms with Crippen LogP contribution in [0.1, 0.15) is 11.1 Å². The summed E-state index contributed by atoms with van der Waals surface area (Å²) >= 11 is 0. The van der Waals surface area contributed by atoms with E-state index in [-0.39, 0.29) is 31.2 Å². The Balaban J connectivity index is 1.68. The van der Waals surface area contributed by atoms with Gasteiger partial charge in [-0.25, -0.2) is 13.2 Å². The summed E-state index contributed by atoms with van der Waals surface area (Å²) in [5, 5.41) is 13.9. The molecule has 0 aliphatic carbocycles. The Hall–Kier alpha value is -3.85. The van der Waals surface area contributed by atoms with Crippen molar-refractivity contribution < 1.29 is 27.8 Å². The fraction of sp³-hybridized carbons (Fsp3) is 0.130. The van der Waals surface area contributed by atoms with Gasteiger partial charge < -0.3 is 19.1 Å². The van der Waals surface area contributed by atoms with Gasteiger partial charge in [0, 0.05) is 28.1 Å². The highest BCUT2D eigenvalue weighted by Crippen LogP contribution is 2.42. The molecule has 1 N–H and O–H groups in total. The lowest BCUT2D eigenvalue weighted by molar-refractivity contribution is -0.0173. The van der Waals surface area contributed by atoms with Crippen molar-refractivity contribution in [3.8, 4) is 22.8 Å². The maximum Gasteiger partial charge on any atom is 0.222 e. The summed E-state index contributed by atoms with van der Waals surface area (Å²) in [6.45, 7) is 0.125. The molecule has 2 heterocycles. The quantitative estimate of drug-likeness (QED) is 0.411. The monoisotopic (exact) mass is 440 g/mol. The minimum absolute atomic E-state index is 0.000818. The first-order valence-corrected chi connectivity index (χ1v) is 9.62.